The second kappa shape index (κ2) is 8.52. The molecule has 0 unspecified atom stereocenters. The van der Waals surface area contributed by atoms with Gasteiger partial charge in [-0.05, 0) is 43.2 Å². The van der Waals surface area contributed by atoms with Crippen LogP contribution in [0.25, 0.3) is 11.3 Å². The molecule has 0 saturated carbocycles. The number of anilines is 1. The van der Waals surface area contributed by atoms with Crippen molar-refractivity contribution >= 4 is 11.7 Å². The smallest absolute Gasteiger partial charge is 0.321 e. The molecule has 6 nitrogen and oxygen atoms in total. The molecular formula is C22H22F2N4O2. The van der Waals surface area contributed by atoms with Crippen molar-refractivity contribution in [2.24, 2.45) is 0 Å². The minimum atomic E-state index is -0.791. The monoisotopic (exact) mass is 412 g/mol. The summed E-state index contributed by atoms with van der Waals surface area (Å²) in [4.78, 5) is 14.1. The summed E-state index contributed by atoms with van der Waals surface area (Å²) in [7, 11) is 1.63. The van der Waals surface area contributed by atoms with Crippen LogP contribution < -0.4 is 10.1 Å². The molecule has 2 aromatic carbocycles. The second-order valence-electron chi connectivity index (χ2n) is 7.26. The van der Waals surface area contributed by atoms with Gasteiger partial charge in [-0.15, -0.1) is 0 Å². The Balaban J connectivity index is 1.36. The fraction of sp³-hybridized carbons (Fsp3) is 0.273. The molecule has 1 aliphatic rings. The molecule has 2 amide bonds. The molecule has 30 heavy (non-hydrogen) atoms. The molecule has 3 aromatic rings. The Kier molecular flexibility index (Phi) is 5.65. The number of halogens is 2. The van der Waals surface area contributed by atoms with E-state index in [9.17, 15) is 13.6 Å². The number of H-pyrrole nitrogens is 1. The third-order valence-electron chi connectivity index (χ3n) is 5.36. The highest BCUT2D eigenvalue weighted by molar-refractivity contribution is 5.89. The lowest BCUT2D eigenvalue weighted by molar-refractivity contribution is 0.194. The lowest BCUT2D eigenvalue weighted by Crippen LogP contribution is -2.40. The van der Waals surface area contributed by atoms with E-state index in [2.05, 4.69) is 15.5 Å². The molecule has 1 aliphatic heterocycles. The fourth-order valence-corrected chi connectivity index (χ4v) is 3.65. The molecule has 156 valence electrons. The number of amides is 2. The maximum atomic E-state index is 13.8. The van der Waals surface area contributed by atoms with Gasteiger partial charge in [0.15, 0.2) is 0 Å². The van der Waals surface area contributed by atoms with E-state index in [4.69, 9.17) is 4.74 Å². The molecule has 1 fully saturated rings. The average Bonchev–Trinajstić information content (AvgIpc) is 3.26. The first-order valence-corrected chi connectivity index (χ1v) is 9.74. The van der Waals surface area contributed by atoms with Gasteiger partial charge in [-0.25, -0.2) is 13.6 Å². The van der Waals surface area contributed by atoms with Crippen molar-refractivity contribution in [3.8, 4) is 17.0 Å². The number of rotatable bonds is 4. The molecule has 2 N–H and O–H groups in total. The highest BCUT2D eigenvalue weighted by atomic mass is 19.1. The zero-order chi connectivity index (χ0) is 21.1. The maximum Gasteiger partial charge on any atom is 0.321 e. The predicted molar refractivity (Wildman–Crippen MR) is 110 cm³/mol. The van der Waals surface area contributed by atoms with E-state index in [1.807, 2.05) is 30.3 Å². The molecule has 0 aliphatic carbocycles. The van der Waals surface area contributed by atoms with Gasteiger partial charge in [0.05, 0.1) is 18.5 Å². The van der Waals surface area contributed by atoms with Gasteiger partial charge in [0.2, 0.25) is 0 Å². The number of piperidine rings is 1. The molecule has 0 atom stereocenters. The van der Waals surface area contributed by atoms with Crippen LogP contribution in [0.2, 0.25) is 0 Å². The highest BCUT2D eigenvalue weighted by Crippen LogP contribution is 2.30. The Labute approximate surface area is 172 Å². The van der Waals surface area contributed by atoms with Gasteiger partial charge in [-0.1, -0.05) is 12.1 Å². The third kappa shape index (κ3) is 4.27. The van der Waals surface area contributed by atoms with Crippen LogP contribution in [0.4, 0.5) is 19.3 Å². The summed E-state index contributed by atoms with van der Waals surface area (Å²) in [5.74, 6) is -0.447. The average molecular weight is 412 g/mol. The number of carbonyl (C=O) groups is 1. The summed E-state index contributed by atoms with van der Waals surface area (Å²) in [5, 5.41) is 10.0. The first-order valence-electron chi connectivity index (χ1n) is 9.74. The third-order valence-corrected chi connectivity index (χ3v) is 5.36. The number of nitrogens with one attached hydrogen (secondary N) is 2. The number of aromatic nitrogens is 2. The van der Waals surface area contributed by atoms with Gasteiger partial charge >= 0.3 is 6.03 Å². The Morgan fingerprint density at radius 2 is 1.97 bits per heavy atom. The van der Waals surface area contributed by atoms with E-state index in [0.29, 0.717) is 13.1 Å². The van der Waals surface area contributed by atoms with Crippen molar-refractivity contribution in [1.29, 1.82) is 0 Å². The van der Waals surface area contributed by atoms with Crippen LogP contribution in [0.5, 0.6) is 5.75 Å². The van der Waals surface area contributed by atoms with Crippen molar-refractivity contribution < 1.29 is 18.3 Å². The number of nitrogens with zero attached hydrogens (tertiary/aromatic N) is 2. The first kappa shape index (κ1) is 19.9. The zero-order valence-corrected chi connectivity index (χ0v) is 16.5. The SMILES string of the molecule is COc1cccc(-c2cc(C3CCN(C(=O)Nc4ccc(F)cc4F)CC3)[nH]n2)c1. The second-order valence-corrected chi connectivity index (χ2v) is 7.26. The van der Waals surface area contributed by atoms with Crippen LogP contribution in [0.15, 0.2) is 48.5 Å². The van der Waals surface area contributed by atoms with Crippen LogP contribution in [-0.4, -0.2) is 41.3 Å². The number of carbonyl (C=O) groups excluding carboxylic acids is 1. The van der Waals surface area contributed by atoms with Gasteiger partial charge in [0.25, 0.3) is 0 Å². The van der Waals surface area contributed by atoms with Crippen LogP contribution in [-0.2, 0) is 0 Å². The maximum absolute atomic E-state index is 13.8. The Bertz CT molecular complexity index is 1050. The number of hydrogen-bond donors (Lipinski definition) is 2. The Morgan fingerprint density at radius 3 is 2.70 bits per heavy atom. The minimum absolute atomic E-state index is 0.0278. The quantitative estimate of drug-likeness (QED) is 0.648. The normalized spacial score (nSPS) is 14.6. The molecule has 8 heteroatoms. The number of benzene rings is 2. The number of hydrogen-bond acceptors (Lipinski definition) is 3. The van der Waals surface area contributed by atoms with Gasteiger partial charge in [-0.2, -0.15) is 5.10 Å². The molecule has 0 spiro atoms. The summed E-state index contributed by atoms with van der Waals surface area (Å²) >= 11 is 0. The van der Waals surface area contributed by atoms with Crippen molar-refractivity contribution in [3.05, 3.63) is 65.9 Å². The van der Waals surface area contributed by atoms with Crippen LogP contribution in [0.1, 0.15) is 24.5 Å². The fourth-order valence-electron chi connectivity index (χ4n) is 3.65. The van der Waals surface area contributed by atoms with E-state index in [-0.39, 0.29) is 17.6 Å². The van der Waals surface area contributed by atoms with Gasteiger partial charge < -0.3 is 15.0 Å². The van der Waals surface area contributed by atoms with Crippen molar-refractivity contribution in [2.45, 2.75) is 18.8 Å². The predicted octanol–water partition coefficient (Wildman–Crippen LogP) is 4.78. The topological polar surface area (TPSA) is 70.2 Å². The zero-order valence-electron chi connectivity index (χ0n) is 16.5. The summed E-state index contributed by atoms with van der Waals surface area (Å²) in [6.07, 6.45) is 1.53. The lowest BCUT2D eigenvalue weighted by atomic mass is 9.93. The van der Waals surface area contributed by atoms with Gasteiger partial charge in [0.1, 0.15) is 17.4 Å². The van der Waals surface area contributed by atoms with Crippen LogP contribution in [0.3, 0.4) is 0 Å². The van der Waals surface area contributed by atoms with Crippen LogP contribution >= 0.6 is 0 Å². The number of aromatic amines is 1. The molecule has 1 aromatic heterocycles. The Morgan fingerprint density at radius 1 is 1.17 bits per heavy atom. The van der Waals surface area contributed by atoms with E-state index in [1.54, 1.807) is 12.0 Å². The van der Waals surface area contributed by atoms with Gasteiger partial charge in [0, 0.05) is 36.3 Å². The largest absolute Gasteiger partial charge is 0.497 e. The summed E-state index contributed by atoms with van der Waals surface area (Å²) in [5.41, 5.74) is 2.81. The van der Waals surface area contributed by atoms with E-state index < -0.39 is 11.6 Å². The van der Waals surface area contributed by atoms with E-state index in [1.165, 1.54) is 6.07 Å². The first-order chi connectivity index (χ1) is 14.5. The number of ether oxygens (including phenoxy) is 1. The molecule has 0 bridgehead atoms. The number of urea groups is 1. The lowest BCUT2D eigenvalue weighted by Gasteiger charge is -2.31. The van der Waals surface area contributed by atoms with Crippen molar-refractivity contribution in [3.63, 3.8) is 0 Å². The Hall–Kier alpha value is -3.42. The highest BCUT2D eigenvalue weighted by Gasteiger charge is 2.25. The van der Waals surface area contributed by atoms with Crippen molar-refractivity contribution in [1.82, 2.24) is 15.1 Å². The standard InChI is InChI=1S/C22H22F2N4O2/c1-30-17-4-2-3-15(11-17)21-13-20(26-27-21)14-7-9-28(10-8-14)22(29)25-19-6-5-16(23)12-18(19)24/h2-6,11-14H,7-10H2,1H3,(H,25,29)(H,26,27). The molecule has 4 rings (SSSR count). The molecular weight excluding hydrogens is 390 g/mol. The number of methoxy groups -OCH3 is 1. The summed E-state index contributed by atoms with van der Waals surface area (Å²) in [6.45, 7) is 1.07. The van der Waals surface area contributed by atoms with Gasteiger partial charge in [-0.3, -0.25) is 5.10 Å². The summed E-state index contributed by atoms with van der Waals surface area (Å²) < 4.78 is 32.0. The van der Waals surface area contributed by atoms with E-state index in [0.717, 1.165) is 47.7 Å². The molecule has 0 radical (unpaired) electrons. The van der Waals surface area contributed by atoms with Crippen LogP contribution in [0, 0.1) is 11.6 Å². The number of likely N-dealkylation sites (tertiary alicyclic amines) is 1. The van der Waals surface area contributed by atoms with Crippen molar-refractivity contribution in [2.75, 3.05) is 25.5 Å². The molecule has 1 saturated heterocycles. The minimum Gasteiger partial charge on any atom is -0.497 e. The summed E-state index contributed by atoms with van der Waals surface area (Å²) in [6, 6.07) is 12.4. The molecule has 2 heterocycles. The van der Waals surface area contributed by atoms with E-state index >= 15 is 0 Å².